The lowest BCUT2D eigenvalue weighted by Gasteiger charge is -2.35. The molecule has 1 aliphatic heterocycles. The normalized spacial score (nSPS) is 21.3. The lowest BCUT2D eigenvalue weighted by atomic mass is 9.83. The number of H-pyrrole nitrogens is 1. The summed E-state index contributed by atoms with van der Waals surface area (Å²) in [6, 6.07) is 7.95. The number of rotatable bonds is 4. The van der Waals surface area contributed by atoms with Crippen molar-refractivity contribution in [2.45, 2.75) is 51.0 Å². The summed E-state index contributed by atoms with van der Waals surface area (Å²) in [7, 11) is 0. The van der Waals surface area contributed by atoms with Crippen LogP contribution in [-0.4, -0.2) is 38.0 Å². The molecule has 0 bridgehead atoms. The minimum Gasteiger partial charge on any atom is -0.479 e. The first-order chi connectivity index (χ1) is 15.7. The van der Waals surface area contributed by atoms with Crippen molar-refractivity contribution in [2.24, 2.45) is 0 Å². The zero-order valence-corrected chi connectivity index (χ0v) is 18.7. The van der Waals surface area contributed by atoms with Crippen LogP contribution in [0.5, 0.6) is 0 Å². The maximum atomic E-state index is 14.2. The molecule has 5 rings (SSSR count). The number of benzene rings is 2. The number of nitrogens with one attached hydrogen (secondary N) is 1. The highest BCUT2D eigenvalue weighted by Crippen LogP contribution is 2.44. The molecule has 2 aromatic carbocycles. The van der Waals surface area contributed by atoms with Gasteiger partial charge in [0, 0.05) is 34.1 Å². The Hall–Kier alpha value is -3.26. The van der Waals surface area contributed by atoms with Crippen molar-refractivity contribution in [3.8, 4) is 5.69 Å². The number of carboxylic acid groups (broad SMARTS) is 1. The average molecular weight is 453 g/mol. The van der Waals surface area contributed by atoms with Crippen LogP contribution in [0.4, 0.5) is 8.78 Å². The van der Waals surface area contributed by atoms with E-state index in [1.54, 1.807) is 19.2 Å². The lowest BCUT2D eigenvalue weighted by molar-refractivity contribution is -0.170. The molecule has 1 aliphatic rings. The van der Waals surface area contributed by atoms with Crippen LogP contribution in [0.3, 0.4) is 0 Å². The van der Waals surface area contributed by atoms with Crippen LogP contribution >= 0.6 is 0 Å². The Bertz CT molecular complexity index is 1380. The van der Waals surface area contributed by atoms with Crippen molar-refractivity contribution in [1.82, 2.24) is 14.8 Å². The number of fused-ring (bicyclic) bond motifs is 2. The van der Waals surface area contributed by atoms with Crippen molar-refractivity contribution >= 4 is 27.8 Å². The fraction of sp³-hybridized carbons (Fsp3) is 0.360. The molecule has 1 saturated heterocycles. The summed E-state index contributed by atoms with van der Waals surface area (Å²) in [6.07, 6.45) is 2.75. The number of nitrogens with zero attached hydrogens (tertiary/aromatic N) is 2. The first-order valence-corrected chi connectivity index (χ1v) is 11.0. The van der Waals surface area contributed by atoms with Gasteiger partial charge in [-0.2, -0.15) is 5.10 Å². The second-order valence-corrected chi connectivity index (χ2v) is 9.30. The Balaban J connectivity index is 1.77. The zero-order chi connectivity index (χ0) is 23.5. The maximum Gasteiger partial charge on any atom is 0.335 e. The van der Waals surface area contributed by atoms with Crippen LogP contribution in [-0.2, 0) is 9.53 Å². The molecule has 2 N–H and O–H groups in total. The van der Waals surface area contributed by atoms with Crippen molar-refractivity contribution in [3.63, 3.8) is 0 Å². The van der Waals surface area contributed by atoms with Gasteiger partial charge in [0.1, 0.15) is 0 Å². The summed E-state index contributed by atoms with van der Waals surface area (Å²) in [5.41, 5.74) is 3.08. The van der Waals surface area contributed by atoms with Gasteiger partial charge in [-0.3, -0.25) is 5.10 Å². The van der Waals surface area contributed by atoms with Gasteiger partial charge in [0.2, 0.25) is 0 Å². The molecule has 8 heteroatoms. The Morgan fingerprint density at radius 1 is 1.27 bits per heavy atom. The maximum absolute atomic E-state index is 14.2. The smallest absolute Gasteiger partial charge is 0.335 e. The SMILES string of the molecule is CC(C)c1c([C@H]2CC[C@](C)(C(=O)O)OC2)c2cc3[nH]ncc3cc2n1-c1ccc(F)c(F)c1. The predicted octanol–water partition coefficient (Wildman–Crippen LogP) is 5.65. The zero-order valence-electron chi connectivity index (χ0n) is 18.7. The van der Waals surface area contributed by atoms with Gasteiger partial charge in [-0.05, 0) is 55.5 Å². The van der Waals surface area contributed by atoms with Crippen molar-refractivity contribution in [2.75, 3.05) is 6.61 Å². The van der Waals surface area contributed by atoms with Gasteiger partial charge in [-0.25, -0.2) is 13.6 Å². The highest BCUT2D eigenvalue weighted by Gasteiger charge is 2.41. The summed E-state index contributed by atoms with van der Waals surface area (Å²) in [4.78, 5) is 11.7. The second kappa shape index (κ2) is 7.66. The second-order valence-electron chi connectivity index (χ2n) is 9.30. The summed E-state index contributed by atoms with van der Waals surface area (Å²) in [5, 5.41) is 18.6. The van der Waals surface area contributed by atoms with Crippen LogP contribution in [0, 0.1) is 11.6 Å². The van der Waals surface area contributed by atoms with Crippen LogP contribution in [0.25, 0.3) is 27.5 Å². The number of aliphatic carboxylic acids is 1. The third-order valence-electron chi connectivity index (χ3n) is 6.75. The quantitative estimate of drug-likeness (QED) is 0.419. The molecule has 0 spiro atoms. The third-order valence-corrected chi connectivity index (χ3v) is 6.75. The van der Waals surface area contributed by atoms with Gasteiger partial charge in [-0.15, -0.1) is 0 Å². The molecule has 0 aliphatic carbocycles. The number of hydrogen-bond donors (Lipinski definition) is 2. The molecular formula is C25H25F2N3O3. The molecule has 3 heterocycles. The Morgan fingerprint density at radius 3 is 2.70 bits per heavy atom. The van der Waals surface area contributed by atoms with Gasteiger partial charge >= 0.3 is 5.97 Å². The third kappa shape index (κ3) is 3.40. The number of halogens is 2. The van der Waals surface area contributed by atoms with Gasteiger partial charge in [0.15, 0.2) is 17.2 Å². The molecular weight excluding hydrogens is 428 g/mol. The number of ether oxygens (including phenoxy) is 1. The minimum absolute atomic E-state index is 0.0377. The molecule has 0 radical (unpaired) electrons. The number of aromatic amines is 1. The summed E-state index contributed by atoms with van der Waals surface area (Å²) in [6.45, 7) is 5.99. The Labute approximate surface area is 189 Å². The molecule has 4 aromatic rings. The van der Waals surface area contributed by atoms with Crippen LogP contribution in [0.15, 0.2) is 36.5 Å². The van der Waals surface area contributed by atoms with Crippen LogP contribution < -0.4 is 0 Å². The van der Waals surface area contributed by atoms with Crippen molar-refractivity contribution in [1.29, 1.82) is 0 Å². The summed E-state index contributed by atoms with van der Waals surface area (Å²) < 4.78 is 35.8. The largest absolute Gasteiger partial charge is 0.479 e. The molecule has 1 fully saturated rings. The van der Waals surface area contributed by atoms with Gasteiger partial charge < -0.3 is 14.4 Å². The Morgan fingerprint density at radius 2 is 2.06 bits per heavy atom. The summed E-state index contributed by atoms with van der Waals surface area (Å²) in [5.74, 6) is -2.75. The number of hydrogen-bond acceptors (Lipinski definition) is 3. The van der Waals surface area contributed by atoms with E-state index < -0.39 is 23.2 Å². The number of carbonyl (C=O) groups is 1. The lowest BCUT2D eigenvalue weighted by Crippen LogP contribution is -2.43. The van der Waals surface area contributed by atoms with Gasteiger partial charge in [0.05, 0.1) is 23.8 Å². The first-order valence-electron chi connectivity index (χ1n) is 11.0. The molecule has 33 heavy (non-hydrogen) atoms. The monoisotopic (exact) mass is 453 g/mol. The van der Waals surface area contributed by atoms with Gasteiger partial charge in [0.25, 0.3) is 0 Å². The molecule has 0 amide bonds. The predicted molar refractivity (Wildman–Crippen MR) is 121 cm³/mol. The molecule has 2 atom stereocenters. The van der Waals surface area contributed by atoms with Crippen LogP contribution in [0.2, 0.25) is 0 Å². The average Bonchev–Trinajstić information content (AvgIpc) is 3.36. The van der Waals surface area contributed by atoms with E-state index in [4.69, 9.17) is 4.74 Å². The van der Waals surface area contributed by atoms with Gasteiger partial charge in [-0.1, -0.05) is 13.8 Å². The number of aromatic nitrogens is 3. The Kier molecular flexibility index (Phi) is 5.01. The van der Waals surface area contributed by atoms with E-state index in [1.807, 2.05) is 16.7 Å². The topological polar surface area (TPSA) is 80.1 Å². The highest BCUT2D eigenvalue weighted by molar-refractivity contribution is 5.99. The van der Waals surface area contributed by atoms with E-state index >= 15 is 0 Å². The molecule has 0 saturated carbocycles. The van der Waals surface area contributed by atoms with E-state index in [-0.39, 0.29) is 18.4 Å². The van der Waals surface area contributed by atoms with Crippen molar-refractivity contribution in [3.05, 3.63) is 59.4 Å². The fourth-order valence-electron chi connectivity index (χ4n) is 4.95. The van der Waals surface area contributed by atoms with E-state index in [9.17, 15) is 18.7 Å². The molecule has 172 valence electrons. The van der Waals surface area contributed by atoms with Crippen LogP contribution in [0.1, 0.15) is 56.7 Å². The first kappa shape index (κ1) is 21.6. The van der Waals surface area contributed by atoms with E-state index in [2.05, 4.69) is 24.0 Å². The van der Waals surface area contributed by atoms with E-state index in [0.717, 1.165) is 39.1 Å². The molecule has 0 unspecified atom stereocenters. The molecule has 6 nitrogen and oxygen atoms in total. The highest BCUT2D eigenvalue weighted by atomic mass is 19.2. The number of carboxylic acids is 1. The molecule has 2 aromatic heterocycles. The van der Waals surface area contributed by atoms with Crippen molar-refractivity contribution < 1.29 is 23.4 Å². The summed E-state index contributed by atoms with van der Waals surface area (Å²) >= 11 is 0. The fourth-order valence-corrected chi connectivity index (χ4v) is 4.95. The van der Waals surface area contributed by atoms with E-state index in [0.29, 0.717) is 18.5 Å². The minimum atomic E-state index is -1.20. The standard InChI is InChI=1S/C25H25F2N3O3/c1-13(2)23-22(14-6-7-25(3,24(31)32)33-12-14)17-10-20-15(11-28-29-20)8-21(17)30(23)16-4-5-18(26)19(27)9-16/h4-5,8-11,13-14H,6-7,12H2,1-3H3,(H,28,29)(H,31,32)/t14-,25+/m0/s1. The van der Waals surface area contributed by atoms with E-state index in [1.165, 1.54) is 6.07 Å².